The van der Waals surface area contributed by atoms with Crippen molar-refractivity contribution in [2.24, 2.45) is 5.73 Å². The lowest BCUT2D eigenvalue weighted by Crippen LogP contribution is -2.20. The van der Waals surface area contributed by atoms with Gasteiger partial charge in [0.2, 0.25) is 0 Å². The Morgan fingerprint density at radius 2 is 2.00 bits per heavy atom. The number of rotatable bonds is 5. The first-order valence-electron chi connectivity index (χ1n) is 9.71. The maximum Gasteiger partial charge on any atom is 0.260 e. The van der Waals surface area contributed by atoms with E-state index >= 15 is 0 Å². The molecule has 0 bridgehead atoms. The summed E-state index contributed by atoms with van der Waals surface area (Å²) in [5.41, 5.74) is 6.91. The Bertz CT molecular complexity index is 1120. The number of hydrogen-bond acceptors (Lipinski definition) is 6. The number of hydrogen-bond donors (Lipinski definition) is 2. The molecule has 8 heteroatoms. The minimum Gasteiger partial charge on any atom is -0.493 e. The molecule has 0 radical (unpaired) electrons. The Balaban J connectivity index is 1.74. The zero-order chi connectivity index (χ0) is 20.4. The van der Waals surface area contributed by atoms with Gasteiger partial charge in [0.1, 0.15) is 10.7 Å². The number of carbonyl (C=O) groups is 1. The van der Waals surface area contributed by atoms with E-state index in [1.807, 2.05) is 0 Å². The van der Waals surface area contributed by atoms with Gasteiger partial charge in [0.15, 0.2) is 18.1 Å². The predicted molar refractivity (Wildman–Crippen MR) is 113 cm³/mol. The first-order chi connectivity index (χ1) is 14.1. The standard InChI is InChI=1S/C21H23N3O4S/c1-27-15-10-12(8-9-14(15)28-11-17(22)25)19-23-20(26)18-13-6-4-2-3-5-7-16(13)29-21(18)24-19/h8-10H,2-7,11H2,1H3,(H2,22,25)(H,23,24,26). The van der Waals surface area contributed by atoms with E-state index in [2.05, 4.69) is 4.98 Å². The largest absolute Gasteiger partial charge is 0.493 e. The molecular weight excluding hydrogens is 390 g/mol. The van der Waals surface area contributed by atoms with Gasteiger partial charge in [-0.05, 0) is 49.4 Å². The van der Waals surface area contributed by atoms with Crippen LogP contribution in [-0.2, 0) is 17.6 Å². The number of benzene rings is 1. The van der Waals surface area contributed by atoms with E-state index in [0.717, 1.165) is 35.9 Å². The summed E-state index contributed by atoms with van der Waals surface area (Å²) in [4.78, 5) is 33.6. The average molecular weight is 413 g/mol. The van der Waals surface area contributed by atoms with Crippen molar-refractivity contribution in [3.63, 3.8) is 0 Å². The van der Waals surface area contributed by atoms with E-state index in [1.165, 1.54) is 30.4 Å². The van der Waals surface area contributed by atoms with Crippen LogP contribution < -0.4 is 20.8 Å². The Hall–Kier alpha value is -2.87. The summed E-state index contributed by atoms with van der Waals surface area (Å²) < 4.78 is 10.7. The predicted octanol–water partition coefficient (Wildman–Crippen LogP) is 3.18. The van der Waals surface area contributed by atoms with Gasteiger partial charge in [0.05, 0.1) is 12.5 Å². The third-order valence-electron chi connectivity index (χ3n) is 5.13. The normalized spacial score (nSPS) is 14.1. The number of nitrogens with two attached hydrogens (primary N) is 1. The molecule has 0 saturated heterocycles. The van der Waals surface area contributed by atoms with E-state index < -0.39 is 5.91 Å². The van der Waals surface area contributed by atoms with Crippen LogP contribution in [0.4, 0.5) is 0 Å². The summed E-state index contributed by atoms with van der Waals surface area (Å²) in [5, 5.41) is 0.740. The van der Waals surface area contributed by atoms with Crippen molar-refractivity contribution in [2.75, 3.05) is 13.7 Å². The second-order valence-corrected chi connectivity index (χ2v) is 8.22. The maximum atomic E-state index is 12.9. The second-order valence-electron chi connectivity index (χ2n) is 7.13. The zero-order valence-corrected chi connectivity index (χ0v) is 17.1. The van der Waals surface area contributed by atoms with Gasteiger partial charge in [-0.3, -0.25) is 9.59 Å². The summed E-state index contributed by atoms with van der Waals surface area (Å²) in [5.74, 6) is 0.750. The van der Waals surface area contributed by atoms with Crippen molar-refractivity contribution in [1.29, 1.82) is 0 Å². The molecule has 0 spiro atoms. The highest BCUT2D eigenvalue weighted by molar-refractivity contribution is 7.18. The second kappa shape index (κ2) is 8.24. The molecule has 3 N–H and O–H groups in total. The van der Waals surface area contributed by atoms with Crippen LogP contribution in [0, 0.1) is 0 Å². The van der Waals surface area contributed by atoms with Gasteiger partial charge in [-0.1, -0.05) is 12.8 Å². The number of H-pyrrole nitrogens is 1. The molecule has 7 nitrogen and oxygen atoms in total. The highest BCUT2D eigenvalue weighted by atomic mass is 32.1. The fourth-order valence-corrected chi connectivity index (χ4v) is 5.00. The van der Waals surface area contributed by atoms with Gasteiger partial charge in [-0.15, -0.1) is 11.3 Å². The van der Waals surface area contributed by atoms with Gasteiger partial charge < -0.3 is 20.2 Å². The number of nitrogens with zero attached hydrogens (tertiary/aromatic N) is 1. The summed E-state index contributed by atoms with van der Waals surface area (Å²) in [6.07, 6.45) is 6.69. The Kier molecular flexibility index (Phi) is 5.53. The van der Waals surface area contributed by atoms with Crippen molar-refractivity contribution in [3.05, 3.63) is 39.0 Å². The lowest BCUT2D eigenvalue weighted by molar-refractivity contribution is -0.119. The number of aromatic amines is 1. The molecule has 29 heavy (non-hydrogen) atoms. The van der Waals surface area contributed by atoms with Crippen LogP contribution in [0.25, 0.3) is 21.6 Å². The van der Waals surface area contributed by atoms with E-state index in [-0.39, 0.29) is 12.2 Å². The maximum absolute atomic E-state index is 12.9. The van der Waals surface area contributed by atoms with Gasteiger partial charge >= 0.3 is 0 Å². The number of carbonyl (C=O) groups excluding carboxylic acids is 1. The van der Waals surface area contributed by atoms with Crippen molar-refractivity contribution in [1.82, 2.24) is 9.97 Å². The third kappa shape index (κ3) is 3.98. The zero-order valence-electron chi connectivity index (χ0n) is 16.2. The highest BCUT2D eigenvalue weighted by Gasteiger charge is 2.19. The molecule has 0 fully saturated rings. The molecule has 2 heterocycles. The van der Waals surface area contributed by atoms with Gasteiger partial charge in [-0.25, -0.2) is 4.98 Å². The van der Waals surface area contributed by atoms with Crippen molar-refractivity contribution < 1.29 is 14.3 Å². The fraction of sp³-hybridized carbons (Fsp3) is 0.381. The first kappa shape index (κ1) is 19.4. The lowest BCUT2D eigenvalue weighted by atomic mass is 9.98. The molecule has 2 aromatic heterocycles. The number of aryl methyl sites for hydroxylation is 2. The van der Waals surface area contributed by atoms with Crippen LogP contribution in [0.5, 0.6) is 11.5 Å². The van der Waals surface area contributed by atoms with Gasteiger partial charge in [0.25, 0.3) is 11.5 Å². The summed E-state index contributed by atoms with van der Waals surface area (Å²) in [6, 6.07) is 5.17. The first-order valence-corrected chi connectivity index (χ1v) is 10.5. The summed E-state index contributed by atoms with van der Waals surface area (Å²) in [7, 11) is 1.51. The molecule has 1 aromatic carbocycles. The molecule has 0 aliphatic heterocycles. The Morgan fingerprint density at radius 1 is 1.21 bits per heavy atom. The van der Waals surface area contributed by atoms with Gasteiger partial charge in [-0.2, -0.15) is 0 Å². The average Bonchev–Trinajstić information content (AvgIpc) is 3.03. The SMILES string of the molecule is COc1cc(-c2nc3sc4c(c3c(=O)[nH]2)CCCCCC4)ccc1OCC(N)=O. The minimum atomic E-state index is -0.569. The Labute approximate surface area is 171 Å². The number of aromatic nitrogens is 2. The molecular formula is C21H23N3O4S. The van der Waals surface area contributed by atoms with Crippen molar-refractivity contribution in [2.45, 2.75) is 38.5 Å². The van der Waals surface area contributed by atoms with Crippen molar-refractivity contribution >= 4 is 27.5 Å². The molecule has 3 aromatic rings. The fourth-order valence-electron chi connectivity index (χ4n) is 3.74. The van der Waals surface area contributed by atoms with Crippen LogP contribution >= 0.6 is 11.3 Å². The molecule has 4 rings (SSSR count). The van der Waals surface area contributed by atoms with E-state index in [9.17, 15) is 9.59 Å². The Morgan fingerprint density at radius 3 is 2.76 bits per heavy atom. The molecule has 0 saturated carbocycles. The minimum absolute atomic E-state index is 0.101. The van der Waals surface area contributed by atoms with E-state index in [0.29, 0.717) is 22.9 Å². The highest BCUT2D eigenvalue weighted by Crippen LogP contribution is 2.35. The quantitative estimate of drug-likeness (QED) is 0.668. The van der Waals surface area contributed by atoms with Crippen LogP contribution in [0.3, 0.4) is 0 Å². The van der Waals surface area contributed by atoms with E-state index in [1.54, 1.807) is 29.5 Å². The molecule has 0 unspecified atom stereocenters. The summed E-state index contributed by atoms with van der Waals surface area (Å²) >= 11 is 1.63. The number of ether oxygens (including phenoxy) is 2. The van der Waals surface area contributed by atoms with Crippen LogP contribution in [-0.4, -0.2) is 29.6 Å². The number of thiophene rings is 1. The number of methoxy groups -OCH3 is 1. The number of nitrogens with one attached hydrogen (secondary N) is 1. The monoisotopic (exact) mass is 413 g/mol. The smallest absolute Gasteiger partial charge is 0.260 e. The topological polar surface area (TPSA) is 107 Å². The molecule has 0 atom stereocenters. The molecule has 1 aliphatic carbocycles. The number of amides is 1. The third-order valence-corrected chi connectivity index (χ3v) is 6.32. The number of fused-ring (bicyclic) bond motifs is 3. The van der Waals surface area contributed by atoms with Crippen molar-refractivity contribution in [3.8, 4) is 22.9 Å². The molecule has 152 valence electrons. The van der Waals surface area contributed by atoms with E-state index in [4.69, 9.17) is 20.2 Å². The number of primary amides is 1. The molecule has 1 aliphatic rings. The van der Waals surface area contributed by atoms with Crippen LogP contribution in [0.2, 0.25) is 0 Å². The lowest BCUT2D eigenvalue weighted by Gasteiger charge is -2.11. The van der Waals surface area contributed by atoms with Crippen LogP contribution in [0.1, 0.15) is 36.1 Å². The summed E-state index contributed by atoms with van der Waals surface area (Å²) in [6.45, 7) is -0.239. The van der Waals surface area contributed by atoms with Crippen LogP contribution in [0.15, 0.2) is 23.0 Å². The van der Waals surface area contributed by atoms with Gasteiger partial charge in [0, 0.05) is 10.4 Å². The molecule has 1 amide bonds.